The second-order valence-corrected chi connectivity index (χ2v) is 11.4. The molecule has 3 unspecified atom stereocenters. The largest absolute Gasteiger partial charge is 0.506 e. The van der Waals surface area contributed by atoms with Crippen LogP contribution < -0.4 is 10.6 Å². The quantitative estimate of drug-likeness (QED) is 0.195. The molecule has 0 bridgehead atoms. The van der Waals surface area contributed by atoms with Gasteiger partial charge in [0.05, 0.1) is 22.9 Å². The second kappa shape index (κ2) is 12.4. The monoisotopic (exact) mass is 621 g/mol. The molecular weight excluding hydrogens is 593 g/mol. The van der Waals surface area contributed by atoms with Crippen molar-refractivity contribution in [1.29, 1.82) is 0 Å². The molecule has 0 spiro atoms. The summed E-state index contributed by atoms with van der Waals surface area (Å²) < 4.78 is 72.1. The number of rotatable bonds is 6. The highest BCUT2D eigenvalue weighted by molar-refractivity contribution is 6.32. The number of benzene rings is 3. The van der Waals surface area contributed by atoms with Crippen molar-refractivity contribution in [2.24, 2.45) is 11.8 Å². The fourth-order valence-electron chi connectivity index (χ4n) is 5.93. The number of halogens is 6. The zero-order valence-corrected chi connectivity index (χ0v) is 23.6. The number of hydrogen-bond donors (Lipinski definition) is 3. The van der Waals surface area contributed by atoms with Crippen molar-refractivity contribution in [3.05, 3.63) is 88.4 Å². The van der Waals surface area contributed by atoms with E-state index in [1.807, 2.05) is 0 Å². The summed E-state index contributed by atoms with van der Waals surface area (Å²) in [4.78, 5) is 28.1. The van der Waals surface area contributed by atoms with Gasteiger partial charge in [0, 0.05) is 24.0 Å². The van der Waals surface area contributed by atoms with Crippen molar-refractivity contribution in [2.45, 2.75) is 50.4 Å². The molecule has 1 aliphatic carbocycles. The van der Waals surface area contributed by atoms with Crippen LogP contribution in [0.3, 0.4) is 0 Å². The van der Waals surface area contributed by atoms with Crippen LogP contribution in [0.5, 0.6) is 5.75 Å². The van der Waals surface area contributed by atoms with Gasteiger partial charge in [-0.05, 0) is 67.3 Å². The van der Waals surface area contributed by atoms with E-state index in [2.05, 4.69) is 10.6 Å². The predicted molar refractivity (Wildman–Crippen MR) is 152 cm³/mol. The third-order valence-electron chi connectivity index (χ3n) is 8.10. The topological polar surface area (TPSA) is 81.7 Å². The maximum atomic E-state index is 14.7. The minimum absolute atomic E-state index is 0.0941. The maximum absolute atomic E-state index is 14.7. The molecule has 0 aromatic heterocycles. The summed E-state index contributed by atoms with van der Waals surface area (Å²) in [6.45, 7) is -0.905. The van der Waals surface area contributed by atoms with Gasteiger partial charge < -0.3 is 20.6 Å². The Morgan fingerprint density at radius 3 is 2.16 bits per heavy atom. The van der Waals surface area contributed by atoms with Crippen LogP contribution in [0.2, 0.25) is 5.02 Å². The molecular formula is C31H29ClF5N3O3. The lowest BCUT2D eigenvalue weighted by Gasteiger charge is -2.44. The van der Waals surface area contributed by atoms with E-state index in [0.717, 1.165) is 54.5 Å². The second-order valence-electron chi connectivity index (χ2n) is 11.0. The average molecular weight is 622 g/mol. The highest BCUT2D eigenvalue weighted by atomic mass is 35.5. The van der Waals surface area contributed by atoms with Gasteiger partial charge in [-0.2, -0.15) is 13.2 Å². The number of nitrogens with one attached hydrogen (secondary N) is 2. The van der Waals surface area contributed by atoms with Crippen LogP contribution in [-0.2, 0) is 4.79 Å². The highest BCUT2D eigenvalue weighted by Gasteiger charge is 2.52. The number of amides is 2. The standard InChI is InChI=1S/C31H29ClF5N3O3/c32-23-15-21(12-13-26(23)41)39-29(42)22-14-18(31(35,36)37)16-40(30(43)27-24(33)6-3-7-25(27)34)28(22)17-8-10-20(11-9-17)38-19-4-1-2-5-19/h3,6-13,15,18-19,22,28,38,41H,1-2,4-5,14,16H2,(H,39,42). The molecule has 3 aromatic carbocycles. The van der Waals surface area contributed by atoms with Gasteiger partial charge >= 0.3 is 6.18 Å². The van der Waals surface area contributed by atoms with Gasteiger partial charge in [-0.15, -0.1) is 0 Å². The molecule has 1 aliphatic heterocycles. The molecule has 2 amide bonds. The van der Waals surface area contributed by atoms with Crippen LogP contribution in [0.1, 0.15) is 54.1 Å². The molecule has 228 valence electrons. The molecule has 6 nitrogen and oxygen atoms in total. The fourth-order valence-corrected chi connectivity index (χ4v) is 6.12. The Hall–Kier alpha value is -3.86. The van der Waals surface area contributed by atoms with E-state index in [9.17, 15) is 36.6 Å². The number of hydrogen-bond acceptors (Lipinski definition) is 4. The highest BCUT2D eigenvalue weighted by Crippen LogP contribution is 2.45. The SMILES string of the molecule is O=C(Nc1ccc(O)c(Cl)c1)C1CC(C(F)(F)F)CN(C(=O)c2c(F)cccc2F)C1c1ccc(NC2CCCC2)cc1. The number of likely N-dealkylation sites (tertiary alicyclic amines) is 1. The number of carbonyl (C=O) groups excluding carboxylic acids is 2. The van der Waals surface area contributed by atoms with Crippen LogP contribution in [0.15, 0.2) is 60.7 Å². The molecule has 2 fully saturated rings. The molecule has 12 heteroatoms. The molecule has 5 rings (SSSR count). The molecule has 0 radical (unpaired) electrons. The van der Waals surface area contributed by atoms with Gasteiger partial charge in [0.1, 0.15) is 22.9 Å². The van der Waals surface area contributed by atoms with E-state index in [1.165, 1.54) is 18.2 Å². The van der Waals surface area contributed by atoms with Gasteiger partial charge in [-0.3, -0.25) is 9.59 Å². The minimum Gasteiger partial charge on any atom is -0.506 e. The Morgan fingerprint density at radius 2 is 1.56 bits per heavy atom. The Bertz CT molecular complexity index is 1470. The third-order valence-corrected chi connectivity index (χ3v) is 8.41. The van der Waals surface area contributed by atoms with Gasteiger partial charge in [0.25, 0.3) is 5.91 Å². The van der Waals surface area contributed by atoms with E-state index < -0.39 is 66.0 Å². The molecule has 3 atom stereocenters. The number of carbonyl (C=O) groups is 2. The molecule has 3 aromatic rings. The number of phenolic OH excluding ortho intramolecular Hbond substituents is 1. The first-order chi connectivity index (χ1) is 20.4. The first-order valence-corrected chi connectivity index (χ1v) is 14.3. The van der Waals surface area contributed by atoms with Crippen molar-refractivity contribution < 1.29 is 36.6 Å². The minimum atomic E-state index is -4.81. The van der Waals surface area contributed by atoms with Gasteiger partial charge in [0.15, 0.2) is 0 Å². The van der Waals surface area contributed by atoms with Crippen LogP contribution >= 0.6 is 11.6 Å². The molecule has 1 saturated carbocycles. The smallest absolute Gasteiger partial charge is 0.393 e. The normalized spacial score (nSPS) is 21.1. The van der Waals surface area contributed by atoms with Crippen LogP contribution in [0.25, 0.3) is 0 Å². The lowest BCUT2D eigenvalue weighted by atomic mass is 9.78. The summed E-state index contributed by atoms with van der Waals surface area (Å²) in [7, 11) is 0. The predicted octanol–water partition coefficient (Wildman–Crippen LogP) is 7.70. The first-order valence-electron chi connectivity index (χ1n) is 13.9. The summed E-state index contributed by atoms with van der Waals surface area (Å²) in [5.41, 5.74) is 0.193. The van der Waals surface area contributed by atoms with E-state index in [1.54, 1.807) is 24.3 Å². The summed E-state index contributed by atoms with van der Waals surface area (Å²) in [5.74, 6) is -8.50. The number of anilines is 2. The Morgan fingerprint density at radius 1 is 0.930 bits per heavy atom. The van der Waals surface area contributed by atoms with Crippen molar-refractivity contribution >= 4 is 34.8 Å². The van der Waals surface area contributed by atoms with Crippen molar-refractivity contribution in [3.8, 4) is 5.75 Å². The Balaban J connectivity index is 1.56. The fraction of sp³-hybridized carbons (Fsp3) is 0.355. The maximum Gasteiger partial charge on any atom is 0.393 e. The van der Waals surface area contributed by atoms with Gasteiger partial charge in [-0.25, -0.2) is 8.78 Å². The number of aromatic hydroxyl groups is 1. The van der Waals surface area contributed by atoms with Crippen molar-refractivity contribution in [2.75, 3.05) is 17.2 Å². The zero-order valence-electron chi connectivity index (χ0n) is 22.8. The van der Waals surface area contributed by atoms with Crippen LogP contribution in [0, 0.1) is 23.5 Å². The third kappa shape index (κ3) is 6.71. The van der Waals surface area contributed by atoms with Gasteiger partial charge in [0.2, 0.25) is 5.91 Å². The summed E-state index contributed by atoms with van der Waals surface area (Å²) in [6.07, 6.45) is -1.29. The number of piperidine rings is 1. The molecule has 1 heterocycles. The summed E-state index contributed by atoms with van der Waals surface area (Å²) >= 11 is 5.95. The first kappa shape index (κ1) is 30.6. The van der Waals surface area contributed by atoms with Crippen LogP contribution in [-0.4, -0.2) is 40.6 Å². The summed E-state index contributed by atoms with van der Waals surface area (Å²) in [5, 5.41) is 15.6. The Labute approximate surface area is 249 Å². The number of nitrogens with zero attached hydrogens (tertiary/aromatic N) is 1. The molecule has 1 saturated heterocycles. The number of phenols is 1. The summed E-state index contributed by atoms with van der Waals surface area (Å²) in [6, 6.07) is 12.1. The van der Waals surface area contributed by atoms with E-state index in [4.69, 9.17) is 11.6 Å². The van der Waals surface area contributed by atoms with Crippen molar-refractivity contribution in [3.63, 3.8) is 0 Å². The lowest BCUT2D eigenvalue weighted by Crippen LogP contribution is -2.52. The zero-order chi connectivity index (χ0) is 30.9. The van der Waals surface area contributed by atoms with E-state index in [-0.39, 0.29) is 22.5 Å². The van der Waals surface area contributed by atoms with Crippen LogP contribution in [0.4, 0.5) is 33.3 Å². The molecule has 2 aliphatic rings. The number of alkyl halides is 3. The molecule has 3 N–H and O–H groups in total. The van der Waals surface area contributed by atoms with E-state index in [0.29, 0.717) is 5.56 Å². The lowest BCUT2D eigenvalue weighted by molar-refractivity contribution is -0.193. The average Bonchev–Trinajstić information content (AvgIpc) is 3.47. The van der Waals surface area contributed by atoms with Crippen molar-refractivity contribution in [1.82, 2.24) is 4.90 Å². The van der Waals surface area contributed by atoms with E-state index >= 15 is 0 Å². The molecule has 43 heavy (non-hydrogen) atoms. The van der Waals surface area contributed by atoms with Gasteiger partial charge in [-0.1, -0.05) is 42.6 Å². The Kier molecular flexibility index (Phi) is 8.82.